The monoisotopic (exact) mass is 335 g/mol. The summed E-state index contributed by atoms with van der Waals surface area (Å²) in [5.74, 6) is 0. The van der Waals surface area contributed by atoms with Crippen molar-refractivity contribution in [1.29, 1.82) is 0 Å². The van der Waals surface area contributed by atoms with Crippen LogP contribution in [0.2, 0.25) is 5.02 Å². The normalized spacial score (nSPS) is 19.5. The summed E-state index contributed by atoms with van der Waals surface area (Å²) in [6, 6.07) is 14.5. The summed E-state index contributed by atoms with van der Waals surface area (Å²) in [6.45, 7) is 2.58. The van der Waals surface area contributed by atoms with Gasteiger partial charge in [-0.1, -0.05) is 47.5 Å². The molecule has 0 aliphatic carbocycles. The Hall–Kier alpha value is -1.36. The zero-order valence-corrected chi connectivity index (χ0v) is 13.9. The Kier molecular flexibility index (Phi) is 4.26. The van der Waals surface area contributed by atoms with Gasteiger partial charge in [-0.15, -0.1) is 0 Å². The van der Waals surface area contributed by atoms with Gasteiger partial charge in [0.2, 0.25) is 10.0 Å². The van der Waals surface area contributed by atoms with Crippen LogP contribution in [-0.2, 0) is 10.0 Å². The van der Waals surface area contributed by atoms with E-state index >= 15 is 0 Å². The van der Waals surface area contributed by atoms with Crippen LogP contribution in [0.4, 0.5) is 0 Å². The van der Waals surface area contributed by atoms with E-state index in [0.29, 0.717) is 11.6 Å². The number of hydrogen-bond acceptors (Lipinski definition) is 2. The van der Waals surface area contributed by atoms with Gasteiger partial charge in [-0.3, -0.25) is 0 Å². The summed E-state index contributed by atoms with van der Waals surface area (Å²) in [7, 11) is -3.52. The molecule has 1 atom stereocenters. The molecule has 2 aromatic carbocycles. The molecular formula is C17H18ClNO2S. The molecule has 0 saturated carbocycles. The van der Waals surface area contributed by atoms with Crippen LogP contribution in [0.25, 0.3) is 0 Å². The van der Waals surface area contributed by atoms with Gasteiger partial charge in [0, 0.05) is 11.6 Å². The Morgan fingerprint density at radius 2 is 1.86 bits per heavy atom. The molecule has 0 bridgehead atoms. The van der Waals surface area contributed by atoms with Gasteiger partial charge in [0.1, 0.15) is 0 Å². The molecule has 1 unspecified atom stereocenters. The molecule has 1 fully saturated rings. The second-order valence-electron chi connectivity index (χ2n) is 5.64. The van der Waals surface area contributed by atoms with Gasteiger partial charge in [-0.2, -0.15) is 4.31 Å². The Morgan fingerprint density at radius 3 is 2.55 bits per heavy atom. The minimum absolute atomic E-state index is 0.0930. The molecule has 2 aromatic rings. The molecule has 0 amide bonds. The van der Waals surface area contributed by atoms with Crippen molar-refractivity contribution in [3.05, 3.63) is 64.7 Å². The van der Waals surface area contributed by atoms with Crippen molar-refractivity contribution < 1.29 is 8.42 Å². The highest BCUT2D eigenvalue weighted by Crippen LogP contribution is 2.36. The number of sulfonamides is 1. The first-order chi connectivity index (χ1) is 10.5. The standard InChI is InChI=1S/C17H18ClNO2S/c1-13-7-9-14(10-8-13)17-6-3-11-19(17)22(20,21)16-5-2-4-15(18)12-16/h2,4-5,7-10,12,17H,3,6,11H2,1H3. The lowest BCUT2D eigenvalue weighted by Crippen LogP contribution is -2.30. The molecule has 3 rings (SSSR count). The number of halogens is 1. The van der Waals surface area contributed by atoms with Gasteiger partial charge in [-0.05, 0) is 43.5 Å². The highest BCUT2D eigenvalue weighted by atomic mass is 35.5. The summed E-state index contributed by atoms with van der Waals surface area (Å²) in [5, 5.41) is 0.437. The fourth-order valence-corrected chi connectivity index (χ4v) is 4.90. The predicted octanol–water partition coefficient (Wildman–Crippen LogP) is 4.17. The lowest BCUT2D eigenvalue weighted by molar-refractivity contribution is 0.396. The zero-order valence-electron chi connectivity index (χ0n) is 12.4. The summed E-state index contributed by atoms with van der Waals surface area (Å²) < 4.78 is 27.4. The van der Waals surface area contributed by atoms with Crippen molar-refractivity contribution in [3.63, 3.8) is 0 Å². The topological polar surface area (TPSA) is 37.4 Å². The lowest BCUT2D eigenvalue weighted by atomic mass is 10.0. The molecule has 116 valence electrons. The Morgan fingerprint density at radius 1 is 1.14 bits per heavy atom. The van der Waals surface area contributed by atoms with Crippen molar-refractivity contribution in [2.24, 2.45) is 0 Å². The van der Waals surface area contributed by atoms with Crippen LogP contribution in [0.3, 0.4) is 0 Å². The van der Waals surface area contributed by atoms with E-state index in [0.717, 1.165) is 18.4 Å². The van der Waals surface area contributed by atoms with Crippen molar-refractivity contribution >= 4 is 21.6 Å². The molecule has 0 spiro atoms. The van der Waals surface area contributed by atoms with E-state index in [1.807, 2.05) is 31.2 Å². The minimum atomic E-state index is -3.52. The Labute approximate surface area is 136 Å². The molecule has 1 aliphatic heterocycles. The molecule has 5 heteroatoms. The maximum atomic E-state index is 12.9. The fraction of sp³-hybridized carbons (Fsp3) is 0.294. The van der Waals surface area contributed by atoms with Crippen LogP contribution >= 0.6 is 11.6 Å². The average molecular weight is 336 g/mol. The second-order valence-corrected chi connectivity index (χ2v) is 7.97. The van der Waals surface area contributed by atoms with E-state index in [9.17, 15) is 8.42 Å². The molecule has 1 heterocycles. The molecular weight excluding hydrogens is 318 g/mol. The van der Waals surface area contributed by atoms with Crippen LogP contribution in [0.5, 0.6) is 0 Å². The van der Waals surface area contributed by atoms with Crippen molar-refractivity contribution in [2.75, 3.05) is 6.54 Å². The molecule has 0 N–H and O–H groups in total. The zero-order chi connectivity index (χ0) is 15.7. The summed E-state index contributed by atoms with van der Waals surface area (Å²) >= 11 is 5.95. The maximum absolute atomic E-state index is 12.9. The molecule has 0 radical (unpaired) electrons. The van der Waals surface area contributed by atoms with Crippen molar-refractivity contribution in [1.82, 2.24) is 4.31 Å². The third-order valence-corrected chi connectivity index (χ3v) is 6.21. The van der Waals surface area contributed by atoms with Gasteiger partial charge in [0.25, 0.3) is 0 Å². The first kappa shape index (κ1) is 15.5. The summed E-state index contributed by atoms with van der Waals surface area (Å²) in [5.41, 5.74) is 2.22. The van der Waals surface area contributed by atoms with E-state index in [2.05, 4.69) is 0 Å². The molecule has 1 aliphatic rings. The van der Waals surface area contributed by atoms with Crippen LogP contribution < -0.4 is 0 Å². The molecule has 1 saturated heterocycles. The number of nitrogens with zero attached hydrogens (tertiary/aromatic N) is 1. The highest BCUT2D eigenvalue weighted by Gasteiger charge is 2.36. The van der Waals surface area contributed by atoms with Gasteiger partial charge >= 0.3 is 0 Å². The van der Waals surface area contributed by atoms with Crippen molar-refractivity contribution in [3.8, 4) is 0 Å². The van der Waals surface area contributed by atoms with Gasteiger partial charge in [-0.25, -0.2) is 8.42 Å². The highest BCUT2D eigenvalue weighted by molar-refractivity contribution is 7.89. The van der Waals surface area contributed by atoms with E-state index in [1.54, 1.807) is 22.5 Å². The minimum Gasteiger partial charge on any atom is -0.207 e. The van der Waals surface area contributed by atoms with E-state index in [1.165, 1.54) is 11.6 Å². The lowest BCUT2D eigenvalue weighted by Gasteiger charge is -2.24. The van der Waals surface area contributed by atoms with Crippen LogP contribution in [0.15, 0.2) is 53.4 Å². The molecule has 22 heavy (non-hydrogen) atoms. The number of hydrogen-bond donors (Lipinski definition) is 0. The van der Waals surface area contributed by atoms with Gasteiger partial charge in [0.05, 0.1) is 10.9 Å². The number of aryl methyl sites for hydroxylation is 1. The smallest absolute Gasteiger partial charge is 0.207 e. The maximum Gasteiger partial charge on any atom is 0.243 e. The largest absolute Gasteiger partial charge is 0.243 e. The van der Waals surface area contributed by atoms with Crippen LogP contribution in [0.1, 0.15) is 30.0 Å². The van der Waals surface area contributed by atoms with Crippen LogP contribution in [-0.4, -0.2) is 19.3 Å². The van der Waals surface area contributed by atoms with Gasteiger partial charge < -0.3 is 0 Å². The predicted molar refractivity (Wildman–Crippen MR) is 88.5 cm³/mol. The average Bonchev–Trinajstić information content (AvgIpc) is 2.98. The fourth-order valence-electron chi connectivity index (χ4n) is 2.91. The number of rotatable bonds is 3. The van der Waals surface area contributed by atoms with Crippen LogP contribution in [0, 0.1) is 6.92 Å². The summed E-state index contributed by atoms with van der Waals surface area (Å²) in [6.07, 6.45) is 1.72. The van der Waals surface area contributed by atoms with E-state index in [4.69, 9.17) is 11.6 Å². The third kappa shape index (κ3) is 2.91. The molecule has 0 aromatic heterocycles. The first-order valence-corrected chi connectivity index (χ1v) is 9.14. The SMILES string of the molecule is Cc1ccc(C2CCCN2S(=O)(=O)c2cccc(Cl)c2)cc1. The first-order valence-electron chi connectivity index (χ1n) is 7.32. The number of benzene rings is 2. The van der Waals surface area contributed by atoms with E-state index < -0.39 is 10.0 Å². The molecule has 3 nitrogen and oxygen atoms in total. The summed E-state index contributed by atoms with van der Waals surface area (Å²) in [4.78, 5) is 0.263. The third-order valence-electron chi connectivity index (χ3n) is 4.07. The van der Waals surface area contributed by atoms with E-state index in [-0.39, 0.29) is 10.9 Å². The Bertz CT molecular complexity index is 772. The Balaban J connectivity index is 1.97. The van der Waals surface area contributed by atoms with Crippen molar-refractivity contribution in [2.45, 2.75) is 30.7 Å². The quantitative estimate of drug-likeness (QED) is 0.844. The van der Waals surface area contributed by atoms with Gasteiger partial charge in [0.15, 0.2) is 0 Å². The second kappa shape index (κ2) is 6.03.